The van der Waals surface area contributed by atoms with Crippen LogP contribution in [0.15, 0.2) is 42.2 Å². The van der Waals surface area contributed by atoms with E-state index in [1.807, 2.05) is 0 Å². The van der Waals surface area contributed by atoms with Crippen LogP contribution in [0.5, 0.6) is 0 Å². The topological polar surface area (TPSA) is 0 Å². The van der Waals surface area contributed by atoms with Gasteiger partial charge in [0, 0.05) is 0 Å². The molecule has 0 N–H and O–H groups in total. The number of hydrogen-bond donors (Lipinski definition) is 0. The van der Waals surface area contributed by atoms with Crippen molar-refractivity contribution >= 4 is 0 Å². The molecule has 92 valence electrons. The fourth-order valence-corrected chi connectivity index (χ4v) is 4.74. The fourth-order valence-electron chi connectivity index (χ4n) is 2.09. The van der Waals surface area contributed by atoms with Crippen molar-refractivity contribution in [3.8, 4) is 0 Å². The molecule has 0 amide bonds. The van der Waals surface area contributed by atoms with Gasteiger partial charge in [-0.25, -0.2) is 0 Å². The van der Waals surface area contributed by atoms with Gasteiger partial charge in [-0.1, -0.05) is 0 Å². The fraction of sp³-hybridized carbons (Fsp3) is 0.429. The van der Waals surface area contributed by atoms with Crippen LogP contribution >= 0.6 is 0 Å². The summed E-state index contributed by atoms with van der Waals surface area (Å²) in [5, 5.41) is 0. The minimum Gasteiger partial charge on any atom is -1.00 e. The molecule has 0 nitrogen and oxygen atoms in total. The zero-order chi connectivity index (χ0) is 11.0. The molecule has 0 aromatic rings. The molecule has 2 aliphatic carbocycles. The summed E-state index contributed by atoms with van der Waals surface area (Å²) in [6.45, 7) is 9.02. The molecule has 0 aromatic heterocycles. The van der Waals surface area contributed by atoms with Crippen molar-refractivity contribution < 1.29 is 44.0 Å². The predicted molar refractivity (Wildman–Crippen MR) is 62.1 cm³/mol. The molecule has 0 radical (unpaired) electrons. The first-order valence-electron chi connectivity index (χ1n) is 5.57. The number of halogens is 2. The maximum atomic E-state index is 2.43. The van der Waals surface area contributed by atoms with Gasteiger partial charge in [0.1, 0.15) is 0 Å². The Bertz CT molecular complexity index is 386. The van der Waals surface area contributed by atoms with Gasteiger partial charge in [-0.05, 0) is 0 Å². The number of hydrogen-bond acceptors (Lipinski definition) is 0. The van der Waals surface area contributed by atoms with E-state index in [-0.39, 0.29) is 44.0 Å². The normalized spacial score (nSPS) is 18.4. The van der Waals surface area contributed by atoms with Crippen molar-refractivity contribution in [2.24, 2.45) is 0 Å². The Balaban J connectivity index is 0.00000128. The summed E-state index contributed by atoms with van der Waals surface area (Å²) >= 11 is 0.00667. The van der Waals surface area contributed by atoms with Crippen molar-refractivity contribution in [3.05, 3.63) is 42.2 Å². The average molecular weight is 305 g/mol. The van der Waals surface area contributed by atoms with E-state index in [9.17, 15) is 0 Å². The number of rotatable bonds is 2. The zero-order valence-corrected chi connectivity index (χ0v) is 13.9. The van der Waals surface area contributed by atoms with Gasteiger partial charge >= 0.3 is 102 Å². The molecule has 0 atom stereocenters. The molecule has 0 bridgehead atoms. The largest absolute Gasteiger partial charge is 1.00 e. The molecule has 0 aromatic carbocycles. The van der Waals surface area contributed by atoms with Crippen LogP contribution < -0.4 is 24.8 Å². The van der Waals surface area contributed by atoms with Crippen LogP contribution in [0.3, 0.4) is 0 Å². The first kappa shape index (κ1) is 17.3. The monoisotopic (exact) mass is 304 g/mol. The summed E-state index contributed by atoms with van der Waals surface area (Å²) in [6, 6.07) is 0. The molecule has 0 fully saturated rings. The third-order valence-electron chi connectivity index (χ3n) is 3.36. The Hall–Kier alpha value is 0.254. The van der Waals surface area contributed by atoms with E-state index in [1.54, 1.807) is 18.9 Å². The predicted octanol–water partition coefficient (Wildman–Crippen LogP) is -1.68. The second-order valence-corrected chi connectivity index (χ2v) is 7.14. The maximum absolute atomic E-state index is 2.43. The Morgan fingerprint density at radius 1 is 0.765 bits per heavy atom. The molecule has 3 heteroatoms. The van der Waals surface area contributed by atoms with E-state index in [1.165, 1.54) is 24.0 Å². The summed E-state index contributed by atoms with van der Waals surface area (Å²) in [7, 11) is 0. The molecule has 17 heavy (non-hydrogen) atoms. The second kappa shape index (κ2) is 6.99. The maximum Gasteiger partial charge on any atom is -1.00 e. The summed E-state index contributed by atoms with van der Waals surface area (Å²) < 4.78 is 3.44. The smallest absolute Gasteiger partial charge is 1.00 e. The van der Waals surface area contributed by atoms with Gasteiger partial charge in [-0.3, -0.25) is 0 Å². The van der Waals surface area contributed by atoms with Crippen molar-refractivity contribution in [2.45, 2.75) is 40.5 Å². The van der Waals surface area contributed by atoms with E-state index in [0.717, 1.165) is 0 Å². The van der Waals surface area contributed by atoms with Gasteiger partial charge in [-0.15, -0.1) is 0 Å². The van der Waals surface area contributed by atoms with Crippen LogP contribution in [0, 0.1) is 0 Å². The van der Waals surface area contributed by atoms with E-state index in [0.29, 0.717) is 0 Å². The SMILES string of the molecule is CC1=C(C)C[C]([Ti+2][C]2=CC(C)=C(C)C2)=C1.[Cl-].[Cl-]. The summed E-state index contributed by atoms with van der Waals surface area (Å²) in [4.78, 5) is 0. The van der Waals surface area contributed by atoms with Crippen LogP contribution in [-0.2, 0) is 19.2 Å². The summed E-state index contributed by atoms with van der Waals surface area (Å²) in [5.41, 5.74) is 6.17. The zero-order valence-electron chi connectivity index (χ0n) is 10.8. The Kier molecular flexibility index (Phi) is 7.10. The third kappa shape index (κ3) is 4.14. The molecule has 0 heterocycles. The molecule has 0 spiro atoms. The van der Waals surface area contributed by atoms with E-state index in [2.05, 4.69) is 39.8 Å². The first-order chi connectivity index (χ1) is 7.06. The van der Waals surface area contributed by atoms with Crippen LogP contribution in [-0.4, -0.2) is 0 Å². The molecule has 0 saturated heterocycles. The molecule has 0 saturated carbocycles. The summed E-state index contributed by atoms with van der Waals surface area (Å²) in [5.74, 6) is 0. The van der Waals surface area contributed by atoms with Crippen molar-refractivity contribution in [1.29, 1.82) is 0 Å². The Morgan fingerprint density at radius 2 is 1.12 bits per heavy atom. The van der Waals surface area contributed by atoms with Gasteiger partial charge in [0.2, 0.25) is 0 Å². The quantitative estimate of drug-likeness (QED) is 0.535. The molecule has 2 aliphatic rings. The molecular weight excluding hydrogens is 287 g/mol. The summed E-state index contributed by atoms with van der Waals surface area (Å²) in [6.07, 6.45) is 7.36. The van der Waals surface area contributed by atoms with Crippen molar-refractivity contribution in [2.75, 3.05) is 0 Å². The van der Waals surface area contributed by atoms with Crippen LogP contribution in [0.4, 0.5) is 0 Å². The van der Waals surface area contributed by atoms with E-state index < -0.39 is 0 Å². The molecule has 2 rings (SSSR count). The Labute approximate surface area is 126 Å². The van der Waals surface area contributed by atoms with Gasteiger partial charge in [0.25, 0.3) is 0 Å². The first-order valence-corrected chi connectivity index (χ1v) is 7.13. The van der Waals surface area contributed by atoms with Crippen LogP contribution in [0.25, 0.3) is 0 Å². The van der Waals surface area contributed by atoms with E-state index >= 15 is 0 Å². The molecule has 0 aliphatic heterocycles. The van der Waals surface area contributed by atoms with Crippen molar-refractivity contribution in [1.82, 2.24) is 0 Å². The number of allylic oxidation sites excluding steroid dienone is 8. The van der Waals surface area contributed by atoms with Gasteiger partial charge < -0.3 is 24.8 Å². The molecule has 0 unspecified atom stereocenters. The van der Waals surface area contributed by atoms with Gasteiger partial charge in [0.15, 0.2) is 0 Å². The second-order valence-electron chi connectivity index (χ2n) is 4.74. The minimum atomic E-state index is 0. The Morgan fingerprint density at radius 3 is 1.35 bits per heavy atom. The van der Waals surface area contributed by atoms with Gasteiger partial charge in [0.05, 0.1) is 0 Å². The molecular formula is C14H18Cl2Ti. The van der Waals surface area contributed by atoms with Crippen LogP contribution in [0.2, 0.25) is 0 Å². The van der Waals surface area contributed by atoms with Crippen molar-refractivity contribution in [3.63, 3.8) is 0 Å². The minimum absolute atomic E-state index is 0. The third-order valence-corrected chi connectivity index (χ3v) is 5.37. The standard InChI is InChI=1S/2C7H9.2ClH.Ti/c2*1-6-4-3-5-7(6)2;;;/h2*4H,5H2,1-2H3;2*1H;/q;;;;+2/p-2. The average Bonchev–Trinajstić information content (AvgIpc) is 2.59. The van der Waals surface area contributed by atoms with E-state index in [4.69, 9.17) is 0 Å². The van der Waals surface area contributed by atoms with Gasteiger partial charge in [-0.2, -0.15) is 0 Å². The van der Waals surface area contributed by atoms with Crippen LogP contribution in [0.1, 0.15) is 40.5 Å².